The SMILES string of the molecule is CCCNCc1cc2c(cc1OCC(C)(O)CC)OCO2. The molecule has 1 aromatic rings. The minimum absolute atomic E-state index is 0.243. The summed E-state index contributed by atoms with van der Waals surface area (Å²) in [5.41, 5.74) is 0.185. The first-order valence-corrected chi connectivity index (χ1v) is 7.54. The van der Waals surface area contributed by atoms with Crippen molar-refractivity contribution < 1.29 is 19.3 Å². The van der Waals surface area contributed by atoms with Gasteiger partial charge in [-0.2, -0.15) is 0 Å². The van der Waals surface area contributed by atoms with E-state index in [9.17, 15) is 5.11 Å². The van der Waals surface area contributed by atoms with Crippen molar-refractivity contribution in [3.8, 4) is 17.2 Å². The normalized spacial score (nSPS) is 15.8. The molecule has 1 aliphatic heterocycles. The van der Waals surface area contributed by atoms with E-state index in [-0.39, 0.29) is 13.4 Å². The van der Waals surface area contributed by atoms with Crippen LogP contribution in [0.3, 0.4) is 0 Å². The molecule has 0 spiro atoms. The van der Waals surface area contributed by atoms with Crippen LogP contribution >= 0.6 is 0 Å². The average Bonchev–Trinajstić information content (AvgIpc) is 2.92. The van der Waals surface area contributed by atoms with E-state index in [0.717, 1.165) is 30.0 Å². The lowest BCUT2D eigenvalue weighted by molar-refractivity contribution is 0.00810. The Bertz CT molecular complexity index is 474. The molecule has 0 saturated heterocycles. The Kier molecular flexibility index (Phi) is 5.31. The Hall–Kier alpha value is -1.46. The number of nitrogens with one attached hydrogen (secondary N) is 1. The van der Waals surface area contributed by atoms with Crippen LogP contribution in [0.25, 0.3) is 0 Å². The van der Waals surface area contributed by atoms with Gasteiger partial charge in [-0.25, -0.2) is 0 Å². The molecule has 0 fully saturated rings. The molecule has 0 radical (unpaired) electrons. The maximum absolute atomic E-state index is 10.1. The smallest absolute Gasteiger partial charge is 0.231 e. The number of benzene rings is 1. The molecule has 5 heteroatoms. The van der Waals surface area contributed by atoms with Crippen molar-refractivity contribution in [1.29, 1.82) is 0 Å². The molecular weight excluding hydrogens is 270 g/mol. The van der Waals surface area contributed by atoms with Gasteiger partial charge in [0.2, 0.25) is 6.79 Å². The molecular formula is C16H25NO4. The molecule has 2 rings (SSSR count). The molecule has 1 aliphatic rings. The van der Waals surface area contributed by atoms with Crippen molar-refractivity contribution in [3.05, 3.63) is 17.7 Å². The Morgan fingerprint density at radius 3 is 2.67 bits per heavy atom. The first kappa shape index (κ1) is 15.9. The summed E-state index contributed by atoms with van der Waals surface area (Å²) in [4.78, 5) is 0. The predicted octanol–water partition coefficient (Wildman–Crippen LogP) is 2.45. The Balaban J connectivity index is 2.12. The summed E-state index contributed by atoms with van der Waals surface area (Å²) >= 11 is 0. The highest BCUT2D eigenvalue weighted by Crippen LogP contribution is 2.38. The fraction of sp³-hybridized carbons (Fsp3) is 0.625. The van der Waals surface area contributed by atoms with Gasteiger partial charge in [0, 0.05) is 18.2 Å². The first-order valence-electron chi connectivity index (χ1n) is 7.54. The summed E-state index contributed by atoms with van der Waals surface area (Å²) in [5, 5.41) is 13.4. The highest BCUT2D eigenvalue weighted by molar-refractivity contribution is 5.51. The summed E-state index contributed by atoms with van der Waals surface area (Å²) in [6.07, 6.45) is 1.71. The monoisotopic (exact) mass is 295 g/mol. The zero-order chi connectivity index (χ0) is 15.3. The van der Waals surface area contributed by atoms with E-state index < -0.39 is 5.60 Å². The van der Waals surface area contributed by atoms with Crippen molar-refractivity contribution >= 4 is 0 Å². The third-order valence-electron chi connectivity index (χ3n) is 3.60. The lowest BCUT2D eigenvalue weighted by atomic mass is 10.1. The molecule has 0 saturated carbocycles. The van der Waals surface area contributed by atoms with E-state index in [2.05, 4.69) is 12.2 Å². The van der Waals surface area contributed by atoms with Crippen LogP contribution < -0.4 is 19.5 Å². The number of aliphatic hydroxyl groups is 1. The average molecular weight is 295 g/mol. The van der Waals surface area contributed by atoms with Crippen molar-refractivity contribution in [1.82, 2.24) is 5.32 Å². The number of hydrogen-bond acceptors (Lipinski definition) is 5. The second-order valence-corrected chi connectivity index (χ2v) is 5.63. The number of ether oxygens (including phenoxy) is 3. The molecule has 1 heterocycles. The van der Waals surface area contributed by atoms with E-state index >= 15 is 0 Å². The van der Waals surface area contributed by atoms with Gasteiger partial charge in [0.15, 0.2) is 11.5 Å². The Labute approximate surface area is 126 Å². The van der Waals surface area contributed by atoms with Crippen molar-refractivity contribution in [2.75, 3.05) is 19.9 Å². The third-order valence-corrected chi connectivity index (χ3v) is 3.60. The first-order chi connectivity index (χ1) is 10.1. The summed E-state index contributed by atoms with van der Waals surface area (Å²) in [6, 6.07) is 3.79. The lowest BCUT2D eigenvalue weighted by Crippen LogP contribution is -2.31. The van der Waals surface area contributed by atoms with Gasteiger partial charge in [0.1, 0.15) is 12.4 Å². The van der Waals surface area contributed by atoms with Crippen molar-refractivity contribution in [2.24, 2.45) is 0 Å². The molecule has 1 aromatic carbocycles. The van der Waals surface area contributed by atoms with Crippen LogP contribution in [-0.2, 0) is 6.54 Å². The lowest BCUT2D eigenvalue weighted by Gasteiger charge is -2.22. The van der Waals surface area contributed by atoms with Crippen LogP contribution in [0.1, 0.15) is 39.2 Å². The van der Waals surface area contributed by atoms with Gasteiger partial charge < -0.3 is 24.6 Å². The summed E-state index contributed by atoms with van der Waals surface area (Å²) < 4.78 is 16.6. The van der Waals surface area contributed by atoms with Crippen LogP contribution in [0, 0.1) is 0 Å². The number of hydrogen-bond donors (Lipinski definition) is 2. The molecule has 118 valence electrons. The topological polar surface area (TPSA) is 60.0 Å². The van der Waals surface area contributed by atoms with Gasteiger partial charge in [0.25, 0.3) is 0 Å². The Morgan fingerprint density at radius 2 is 2.00 bits per heavy atom. The minimum atomic E-state index is -0.829. The second kappa shape index (κ2) is 7.00. The minimum Gasteiger partial charge on any atom is -0.490 e. The van der Waals surface area contributed by atoms with Crippen LogP contribution in [0.2, 0.25) is 0 Å². The highest BCUT2D eigenvalue weighted by atomic mass is 16.7. The fourth-order valence-corrected chi connectivity index (χ4v) is 1.97. The quantitative estimate of drug-likeness (QED) is 0.721. The van der Waals surface area contributed by atoms with E-state index in [0.29, 0.717) is 18.7 Å². The van der Waals surface area contributed by atoms with Crippen LogP contribution in [0.4, 0.5) is 0 Å². The van der Waals surface area contributed by atoms with Gasteiger partial charge in [-0.3, -0.25) is 0 Å². The summed E-state index contributed by atoms with van der Waals surface area (Å²) in [5.74, 6) is 2.18. The van der Waals surface area contributed by atoms with E-state index in [4.69, 9.17) is 14.2 Å². The van der Waals surface area contributed by atoms with Crippen molar-refractivity contribution in [2.45, 2.75) is 45.8 Å². The number of rotatable bonds is 8. The Morgan fingerprint density at radius 1 is 1.29 bits per heavy atom. The molecule has 5 nitrogen and oxygen atoms in total. The van der Waals surface area contributed by atoms with E-state index in [1.54, 1.807) is 6.92 Å². The maximum Gasteiger partial charge on any atom is 0.231 e. The third kappa shape index (κ3) is 4.25. The van der Waals surface area contributed by atoms with Gasteiger partial charge in [-0.05, 0) is 32.4 Å². The second-order valence-electron chi connectivity index (χ2n) is 5.63. The van der Waals surface area contributed by atoms with E-state index in [1.807, 2.05) is 19.1 Å². The molecule has 0 aromatic heterocycles. The van der Waals surface area contributed by atoms with E-state index in [1.165, 1.54) is 0 Å². The zero-order valence-electron chi connectivity index (χ0n) is 13.1. The fourth-order valence-electron chi connectivity index (χ4n) is 1.97. The molecule has 0 bridgehead atoms. The predicted molar refractivity (Wildman–Crippen MR) is 81.0 cm³/mol. The molecule has 1 unspecified atom stereocenters. The molecule has 0 amide bonds. The van der Waals surface area contributed by atoms with Crippen LogP contribution in [-0.4, -0.2) is 30.7 Å². The number of fused-ring (bicyclic) bond motifs is 1. The van der Waals surface area contributed by atoms with Crippen LogP contribution in [0.15, 0.2) is 12.1 Å². The molecule has 1 atom stereocenters. The summed E-state index contributed by atoms with van der Waals surface area (Å²) in [7, 11) is 0. The van der Waals surface area contributed by atoms with Gasteiger partial charge in [0.05, 0.1) is 5.60 Å². The van der Waals surface area contributed by atoms with Gasteiger partial charge >= 0.3 is 0 Å². The van der Waals surface area contributed by atoms with Crippen molar-refractivity contribution in [3.63, 3.8) is 0 Å². The van der Waals surface area contributed by atoms with Gasteiger partial charge in [-0.1, -0.05) is 13.8 Å². The molecule has 21 heavy (non-hydrogen) atoms. The standard InChI is InChI=1S/C16H25NO4/c1-4-6-17-9-12-7-14-15(21-11-20-14)8-13(12)19-10-16(3,18)5-2/h7-8,17-18H,4-6,9-11H2,1-3H3. The zero-order valence-corrected chi connectivity index (χ0v) is 13.1. The maximum atomic E-state index is 10.1. The van der Waals surface area contributed by atoms with Gasteiger partial charge in [-0.15, -0.1) is 0 Å². The van der Waals surface area contributed by atoms with Crippen LogP contribution in [0.5, 0.6) is 17.2 Å². The molecule has 0 aliphatic carbocycles. The summed E-state index contributed by atoms with van der Waals surface area (Å²) in [6.45, 7) is 7.98. The highest BCUT2D eigenvalue weighted by Gasteiger charge is 2.22. The largest absolute Gasteiger partial charge is 0.490 e. The molecule has 2 N–H and O–H groups in total.